The number of nitrogens with one attached hydrogen (secondary N) is 1. The Bertz CT molecular complexity index is 589. The maximum Gasteiger partial charge on any atom is 0.255 e. The standard InChI is InChI=1S/C19H28N2O3S/c1-5-17-21(19(23)14-6-8-15(24-4)9-7-14)16(12-25-17)18(22)20-11-10-13(2)3/h6-9,13,16-17H,5,10-12H2,1-4H3,(H,20,22). The Kier molecular flexibility index (Phi) is 7.17. The Hall–Kier alpha value is -1.69. The molecule has 1 heterocycles. The van der Waals surface area contributed by atoms with E-state index in [1.54, 1.807) is 48.0 Å². The Labute approximate surface area is 154 Å². The molecule has 2 unspecified atom stereocenters. The molecular weight excluding hydrogens is 336 g/mol. The van der Waals surface area contributed by atoms with E-state index in [-0.39, 0.29) is 17.2 Å². The lowest BCUT2D eigenvalue weighted by Crippen LogP contribution is -2.50. The molecule has 1 saturated heterocycles. The Morgan fingerprint density at radius 2 is 2.00 bits per heavy atom. The van der Waals surface area contributed by atoms with Gasteiger partial charge in [0.2, 0.25) is 5.91 Å². The molecule has 0 spiro atoms. The number of amides is 2. The van der Waals surface area contributed by atoms with Gasteiger partial charge in [0.05, 0.1) is 12.5 Å². The quantitative estimate of drug-likeness (QED) is 0.807. The highest BCUT2D eigenvalue weighted by Crippen LogP contribution is 2.33. The largest absolute Gasteiger partial charge is 0.497 e. The second-order valence-electron chi connectivity index (χ2n) is 6.63. The van der Waals surface area contributed by atoms with Crippen molar-refractivity contribution < 1.29 is 14.3 Å². The monoisotopic (exact) mass is 364 g/mol. The Morgan fingerprint density at radius 3 is 2.56 bits per heavy atom. The average Bonchev–Trinajstić information content (AvgIpc) is 3.04. The van der Waals surface area contributed by atoms with Crippen LogP contribution in [0.2, 0.25) is 0 Å². The predicted octanol–water partition coefficient (Wildman–Crippen LogP) is 3.15. The zero-order valence-corrected chi connectivity index (χ0v) is 16.3. The first kappa shape index (κ1) is 19.6. The first-order valence-corrected chi connectivity index (χ1v) is 9.88. The summed E-state index contributed by atoms with van der Waals surface area (Å²) >= 11 is 1.68. The lowest BCUT2D eigenvalue weighted by atomic mass is 10.1. The van der Waals surface area contributed by atoms with Gasteiger partial charge in [-0.1, -0.05) is 20.8 Å². The summed E-state index contributed by atoms with van der Waals surface area (Å²) in [6.45, 7) is 6.96. The van der Waals surface area contributed by atoms with Crippen LogP contribution in [0.5, 0.6) is 5.75 Å². The minimum absolute atomic E-state index is 0.0375. The summed E-state index contributed by atoms with van der Waals surface area (Å²) in [7, 11) is 1.60. The molecule has 6 heteroatoms. The second-order valence-corrected chi connectivity index (χ2v) is 7.84. The molecule has 0 bridgehead atoms. The fourth-order valence-corrected chi connectivity index (χ4v) is 4.19. The first-order valence-electron chi connectivity index (χ1n) is 8.84. The van der Waals surface area contributed by atoms with E-state index in [1.807, 2.05) is 6.92 Å². The molecule has 0 radical (unpaired) electrons. The van der Waals surface area contributed by atoms with Gasteiger partial charge in [0, 0.05) is 17.9 Å². The first-order chi connectivity index (χ1) is 12.0. The number of thioether (sulfide) groups is 1. The van der Waals surface area contributed by atoms with Gasteiger partial charge in [-0.25, -0.2) is 0 Å². The van der Waals surface area contributed by atoms with Crippen molar-refractivity contribution in [3.63, 3.8) is 0 Å². The normalized spacial score (nSPS) is 20.0. The fraction of sp³-hybridized carbons (Fsp3) is 0.579. The van der Waals surface area contributed by atoms with Gasteiger partial charge < -0.3 is 15.0 Å². The van der Waals surface area contributed by atoms with Gasteiger partial charge in [0.1, 0.15) is 11.8 Å². The van der Waals surface area contributed by atoms with Gasteiger partial charge in [-0.05, 0) is 43.0 Å². The molecule has 0 aromatic heterocycles. The zero-order valence-electron chi connectivity index (χ0n) is 15.5. The number of hydrogen-bond acceptors (Lipinski definition) is 4. The smallest absolute Gasteiger partial charge is 0.255 e. The summed E-state index contributed by atoms with van der Waals surface area (Å²) in [5.74, 6) is 1.75. The number of nitrogens with zero attached hydrogens (tertiary/aromatic N) is 1. The van der Waals surface area contributed by atoms with Crippen molar-refractivity contribution >= 4 is 23.6 Å². The lowest BCUT2D eigenvalue weighted by Gasteiger charge is -2.28. The van der Waals surface area contributed by atoms with Crippen molar-refractivity contribution in [2.75, 3.05) is 19.4 Å². The van der Waals surface area contributed by atoms with Crippen molar-refractivity contribution in [1.82, 2.24) is 10.2 Å². The number of ether oxygens (including phenoxy) is 1. The van der Waals surface area contributed by atoms with Gasteiger partial charge in [0.15, 0.2) is 0 Å². The van der Waals surface area contributed by atoms with Gasteiger partial charge in [0.25, 0.3) is 5.91 Å². The van der Waals surface area contributed by atoms with Gasteiger partial charge in [-0.2, -0.15) is 0 Å². The summed E-state index contributed by atoms with van der Waals surface area (Å²) < 4.78 is 5.15. The molecule has 1 aromatic carbocycles. The number of methoxy groups -OCH3 is 1. The van der Waals surface area contributed by atoms with Crippen LogP contribution in [0.1, 0.15) is 44.0 Å². The van der Waals surface area contributed by atoms with Crippen LogP contribution in [0.15, 0.2) is 24.3 Å². The number of hydrogen-bond donors (Lipinski definition) is 1. The molecule has 1 aliphatic heterocycles. The lowest BCUT2D eigenvalue weighted by molar-refractivity contribution is -0.124. The van der Waals surface area contributed by atoms with Crippen molar-refractivity contribution in [3.8, 4) is 5.75 Å². The van der Waals surface area contributed by atoms with E-state index in [0.717, 1.165) is 12.8 Å². The third kappa shape index (κ3) is 4.91. The molecule has 2 amide bonds. The van der Waals surface area contributed by atoms with Crippen LogP contribution in [-0.4, -0.2) is 47.5 Å². The Balaban J connectivity index is 2.11. The maximum absolute atomic E-state index is 13.0. The molecular formula is C19H28N2O3S. The topological polar surface area (TPSA) is 58.6 Å². The minimum atomic E-state index is -0.406. The van der Waals surface area contributed by atoms with Crippen LogP contribution in [0.25, 0.3) is 0 Å². The van der Waals surface area contributed by atoms with E-state index >= 15 is 0 Å². The maximum atomic E-state index is 13.0. The summed E-state index contributed by atoms with van der Waals surface area (Å²) in [4.78, 5) is 27.3. The third-order valence-corrected chi connectivity index (χ3v) is 5.79. The van der Waals surface area contributed by atoms with Crippen LogP contribution in [0.4, 0.5) is 0 Å². The molecule has 2 rings (SSSR count). The molecule has 138 valence electrons. The van der Waals surface area contributed by atoms with Gasteiger partial charge in [-0.15, -0.1) is 11.8 Å². The van der Waals surface area contributed by atoms with Crippen LogP contribution >= 0.6 is 11.8 Å². The highest BCUT2D eigenvalue weighted by molar-refractivity contribution is 8.00. The summed E-state index contributed by atoms with van der Waals surface area (Å²) in [5, 5.41) is 3.03. The SMILES string of the molecule is CCC1SCC(C(=O)NCCC(C)C)N1C(=O)c1ccc(OC)cc1. The van der Waals surface area contributed by atoms with Crippen LogP contribution in [-0.2, 0) is 4.79 Å². The average molecular weight is 365 g/mol. The molecule has 1 N–H and O–H groups in total. The number of carbonyl (C=O) groups is 2. The van der Waals surface area contributed by atoms with Crippen LogP contribution in [0.3, 0.4) is 0 Å². The van der Waals surface area contributed by atoms with Crippen molar-refractivity contribution in [2.24, 2.45) is 5.92 Å². The third-order valence-electron chi connectivity index (χ3n) is 4.34. The second kappa shape index (κ2) is 9.13. The van der Waals surface area contributed by atoms with E-state index in [4.69, 9.17) is 4.74 Å². The van der Waals surface area contributed by atoms with Crippen molar-refractivity contribution in [2.45, 2.75) is 45.0 Å². The van der Waals surface area contributed by atoms with E-state index in [2.05, 4.69) is 19.2 Å². The van der Waals surface area contributed by atoms with Crippen molar-refractivity contribution in [1.29, 1.82) is 0 Å². The summed E-state index contributed by atoms with van der Waals surface area (Å²) in [5.41, 5.74) is 0.585. The molecule has 2 atom stereocenters. The molecule has 1 aromatic rings. The molecule has 5 nitrogen and oxygen atoms in total. The summed E-state index contributed by atoms with van der Waals surface area (Å²) in [6.07, 6.45) is 1.76. The number of benzene rings is 1. The zero-order chi connectivity index (χ0) is 18.4. The highest BCUT2D eigenvalue weighted by atomic mass is 32.2. The van der Waals surface area contributed by atoms with E-state index in [1.165, 1.54) is 0 Å². The molecule has 0 aliphatic carbocycles. The molecule has 1 aliphatic rings. The molecule has 0 saturated carbocycles. The van der Waals surface area contributed by atoms with Gasteiger partial charge in [-0.3, -0.25) is 9.59 Å². The number of carbonyl (C=O) groups excluding carboxylic acids is 2. The van der Waals surface area contributed by atoms with Crippen molar-refractivity contribution in [3.05, 3.63) is 29.8 Å². The molecule has 1 fully saturated rings. The Morgan fingerprint density at radius 1 is 1.32 bits per heavy atom. The summed E-state index contributed by atoms with van der Waals surface area (Å²) in [6, 6.07) is 6.65. The van der Waals surface area contributed by atoms with Gasteiger partial charge >= 0.3 is 0 Å². The van der Waals surface area contributed by atoms with E-state index in [9.17, 15) is 9.59 Å². The predicted molar refractivity (Wildman–Crippen MR) is 102 cm³/mol. The van der Waals surface area contributed by atoms with Crippen LogP contribution in [0, 0.1) is 5.92 Å². The number of rotatable bonds is 7. The van der Waals surface area contributed by atoms with Crippen LogP contribution < -0.4 is 10.1 Å². The highest BCUT2D eigenvalue weighted by Gasteiger charge is 2.40. The van der Waals surface area contributed by atoms with E-state index in [0.29, 0.717) is 29.5 Å². The molecule has 25 heavy (non-hydrogen) atoms. The fourth-order valence-electron chi connectivity index (χ4n) is 2.84. The van der Waals surface area contributed by atoms with E-state index < -0.39 is 6.04 Å². The minimum Gasteiger partial charge on any atom is -0.497 e.